The first-order chi connectivity index (χ1) is 10.3. The average Bonchev–Trinajstić information content (AvgIpc) is 2.67. The van der Waals surface area contributed by atoms with Gasteiger partial charge in [0, 0.05) is 12.3 Å². The highest BCUT2D eigenvalue weighted by atomic mass is 16.1. The highest BCUT2D eigenvalue weighted by molar-refractivity contribution is 5.93. The van der Waals surface area contributed by atoms with Crippen LogP contribution in [0.2, 0.25) is 0 Å². The number of hydrogen-bond acceptors (Lipinski definition) is 1. The molecule has 1 aliphatic rings. The van der Waals surface area contributed by atoms with Gasteiger partial charge in [0.1, 0.15) is 5.78 Å². The summed E-state index contributed by atoms with van der Waals surface area (Å²) >= 11 is 0. The molecule has 0 unspecified atom stereocenters. The monoisotopic (exact) mass is 278 g/mol. The molecular formula is C20H22O. The molecule has 0 fully saturated rings. The van der Waals surface area contributed by atoms with Crippen molar-refractivity contribution in [2.24, 2.45) is 5.92 Å². The molecule has 0 heterocycles. The van der Waals surface area contributed by atoms with Gasteiger partial charge in [0.25, 0.3) is 0 Å². The lowest BCUT2D eigenvalue weighted by molar-refractivity contribution is -0.120. The third-order valence-corrected chi connectivity index (χ3v) is 3.68. The number of allylic oxidation sites excluding steroid dienone is 1. The number of benzene rings is 2. The minimum Gasteiger partial charge on any atom is -0.299 e. The first-order valence-corrected chi connectivity index (χ1v) is 7.64. The van der Waals surface area contributed by atoms with Crippen molar-refractivity contribution in [2.45, 2.75) is 27.2 Å². The van der Waals surface area contributed by atoms with Crippen molar-refractivity contribution in [2.75, 3.05) is 0 Å². The second-order valence-electron chi connectivity index (χ2n) is 5.04. The Hall–Kier alpha value is -2.15. The maximum Gasteiger partial charge on any atom is 0.143 e. The van der Waals surface area contributed by atoms with Crippen LogP contribution in [-0.2, 0) is 11.2 Å². The second kappa shape index (κ2) is 7.03. The van der Waals surface area contributed by atoms with Gasteiger partial charge in [-0.25, -0.2) is 0 Å². The van der Waals surface area contributed by atoms with Crippen LogP contribution in [0.25, 0.3) is 5.57 Å². The number of Topliss-reactive ketones (excluding diaryl/α,β-unsaturated/α-hetero) is 1. The van der Waals surface area contributed by atoms with E-state index >= 15 is 0 Å². The summed E-state index contributed by atoms with van der Waals surface area (Å²) in [4.78, 5) is 12.1. The normalized spacial score (nSPS) is 17.0. The molecule has 1 atom stereocenters. The van der Waals surface area contributed by atoms with Gasteiger partial charge in [0.15, 0.2) is 0 Å². The van der Waals surface area contributed by atoms with Crippen molar-refractivity contribution in [1.29, 1.82) is 0 Å². The van der Waals surface area contributed by atoms with E-state index in [4.69, 9.17) is 0 Å². The molecule has 108 valence electrons. The fourth-order valence-corrected chi connectivity index (χ4v) is 2.59. The van der Waals surface area contributed by atoms with Crippen molar-refractivity contribution in [1.82, 2.24) is 0 Å². The van der Waals surface area contributed by atoms with E-state index in [1.54, 1.807) is 0 Å². The number of carbonyl (C=O) groups is 1. The lowest BCUT2D eigenvalue weighted by Gasteiger charge is -2.10. The minimum absolute atomic E-state index is 0.0254. The quantitative estimate of drug-likeness (QED) is 0.724. The van der Waals surface area contributed by atoms with E-state index in [0.717, 1.165) is 5.56 Å². The summed E-state index contributed by atoms with van der Waals surface area (Å²) in [5, 5.41) is 0. The van der Waals surface area contributed by atoms with Gasteiger partial charge in [-0.1, -0.05) is 81.4 Å². The third-order valence-electron chi connectivity index (χ3n) is 3.68. The summed E-state index contributed by atoms with van der Waals surface area (Å²) in [6.07, 6.45) is 2.63. The van der Waals surface area contributed by atoms with Crippen molar-refractivity contribution in [3.63, 3.8) is 0 Å². The van der Waals surface area contributed by atoms with Gasteiger partial charge in [0.05, 0.1) is 0 Å². The summed E-state index contributed by atoms with van der Waals surface area (Å²) in [5.74, 6) is 0.265. The number of fused-ring (bicyclic) bond motifs is 1. The number of hydrogen-bond donors (Lipinski definition) is 0. The molecule has 1 aliphatic carbocycles. The van der Waals surface area contributed by atoms with Gasteiger partial charge in [0.2, 0.25) is 0 Å². The Labute approximate surface area is 127 Å². The summed E-state index contributed by atoms with van der Waals surface area (Å²) in [7, 11) is 0. The molecule has 0 aliphatic heterocycles. The molecule has 0 aromatic heterocycles. The first kappa shape index (κ1) is 15.2. The Kier molecular flexibility index (Phi) is 5.10. The molecule has 0 saturated carbocycles. The predicted octanol–water partition coefficient (Wildman–Crippen LogP) is 4.91. The number of ketones is 1. The van der Waals surface area contributed by atoms with Gasteiger partial charge in [-0.05, 0) is 22.3 Å². The molecule has 0 N–H and O–H groups in total. The average molecular weight is 278 g/mol. The Morgan fingerprint density at radius 1 is 0.905 bits per heavy atom. The molecule has 0 amide bonds. The van der Waals surface area contributed by atoms with Crippen molar-refractivity contribution < 1.29 is 4.79 Å². The fraction of sp³-hybridized carbons (Fsp3) is 0.250. The van der Waals surface area contributed by atoms with Crippen LogP contribution in [0.5, 0.6) is 0 Å². The number of rotatable bonds is 1. The zero-order chi connectivity index (χ0) is 15.2. The Bertz CT molecular complexity index is 638. The second-order valence-corrected chi connectivity index (χ2v) is 5.04. The molecule has 0 bridgehead atoms. The van der Waals surface area contributed by atoms with Crippen LogP contribution >= 0.6 is 0 Å². The topological polar surface area (TPSA) is 17.1 Å². The third kappa shape index (κ3) is 3.30. The highest BCUT2D eigenvalue weighted by Crippen LogP contribution is 2.31. The van der Waals surface area contributed by atoms with Crippen molar-refractivity contribution >= 4 is 11.4 Å². The van der Waals surface area contributed by atoms with E-state index in [2.05, 4.69) is 30.3 Å². The van der Waals surface area contributed by atoms with Crippen molar-refractivity contribution in [3.05, 3.63) is 77.4 Å². The smallest absolute Gasteiger partial charge is 0.143 e. The molecule has 1 nitrogen and oxygen atoms in total. The van der Waals surface area contributed by atoms with E-state index in [1.165, 1.54) is 16.7 Å². The molecule has 21 heavy (non-hydrogen) atoms. The van der Waals surface area contributed by atoms with Crippen LogP contribution in [0.1, 0.15) is 37.5 Å². The van der Waals surface area contributed by atoms with Gasteiger partial charge in [-0.3, -0.25) is 4.79 Å². The molecule has 1 heteroatoms. The van der Waals surface area contributed by atoms with Crippen LogP contribution in [0.3, 0.4) is 0 Å². The van der Waals surface area contributed by atoms with Crippen LogP contribution in [-0.4, -0.2) is 5.78 Å². The Balaban J connectivity index is 0.000000774. The lowest BCUT2D eigenvalue weighted by Crippen LogP contribution is -2.09. The number of carbonyl (C=O) groups excluding carboxylic acids is 1. The van der Waals surface area contributed by atoms with E-state index in [9.17, 15) is 4.79 Å². The van der Waals surface area contributed by atoms with Crippen LogP contribution in [0.4, 0.5) is 0 Å². The van der Waals surface area contributed by atoms with Crippen molar-refractivity contribution in [3.8, 4) is 0 Å². The van der Waals surface area contributed by atoms with E-state index in [-0.39, 0.29) is 5.92 Å². The molecule has 3 rings (SSSR count). The SMILES string of the molecule is CC.C[C@H]1C=C(c2ccccc2)c2ccccc2CC1=O. The molecule has 0 spiro atoms. The minimum atomic E-state index is -0.0254. The summed E-state index contributed by atoms with van der Waals surface area (Å²) in [5.41, 5.74) is 4.67. The van der Waals surface area contributed by atoms with Gasteiger partial charge >= 0.3 is 0 Å². The largest absolute Gasteiger partial charge is 0.299 e. The first-order valence-electron chi connectivity index (χ1n) is 7.64. The van der Waals surface area contributed by atoms with E-state index in [0.29, 0.717) is 12.2 Å². The van der Waals surface area contributed by atoms with Crippen LogP contribution < -0.4 is 0 Å². The molecule has 0 saturated heterocycles. The summed E-state index contributed by atoms with van der Waals surface area (Å²) < 4.78 is 0. The van der Waals surface area contributed by atoms with E-state index in [1.807, 2.05) is 51.1 Å². The van der Waals surface area contributed by atoms with Gasteiger partial charge in [-0.2, -0.15) is 0 Å². The molecular weight excluding hydrogens is 256 g/mol. The zero-order valence-corrected chi connectivity index (χ0v) is 13.0. The fourth-order valence-electron chi connectivity index (χ4n) is 2.59. The molecule has 2 aromatic rings. The maximum absolute atomic E-state index is 12.1. The Morgan fingerprint density at radius 3 is 2.24 bits per heavy atom. The summed E-state index contributed by atoms with van der Waals surface area (Å²) in [6, 6.07) is 18.5. The predicted molar refractivity (Wildman–Crippen MR) is 89.2 cm³/mol. The van der Waals surface area contributed by atoms with Gasteiger partial charge in [-0.15, -0.1) is 0 Å². The maximum atomic E-state index is 12.1. The highest BCUT2D eigenvalue weighted by Gasteiger charge is 2.21. The van der Waals surface area contributed by atoms with E-state index < -0.39 is 0 Å². The van der Waals surface area contributed by atoms with Crippen LogP contribution in [0.15, 0.2) is 60.7 Å². The van der Waals surface area contributed by atoms with Gasteiger partial charge < -0.3 is 0 Å². The standard InChI is InChI=1S/C18H16O.C2H6/c1-13-11-17(14-7-3-2-4-8-14)16-10-6-5-9-15(16)12-18(13)19;1-2/h2-11,13H,12H2,1H3;1-2H3/t13-;/m0./s1. The zero-order valence-electron chi connectivity index (χ0n) is 13.0. The lowest BCUT2D eigenvalue weighted by atomic mass is 9.94. The summed E-state index contributed by atoms with van der Waals surface area (Å²) in [6.45, 7) is 5.98. The van der Waals surface area contributed by atoms with Crippen LogP contribution in [0, 0.1) is 5.92 Å². The Morgan fingerprint density at radius 2 is 1.52 bits per heavy atom. The molecule has 0 radical (unpaired) electrons. The molecule has 2 aromatic carbocycles.